The zero-order valence-corrected chi connectivity index (χ0v) is 11.3. The molecule has 0 amide bonds. The molecule has 0 radical (unpaired) electrons. The van der Waals surface area contributed by atoms with Crippen molar-refractivity contribution >= 4 is 22.7 Å². The average molecular weight is 288 g/mol. The SMILES string of the molecule is Cc1ccc(-c2oc3cc(Cl)cnc3c(=O)c2O)cc1. The Morgan fingerprint density at radius 1 is 1.25 bits per heavy atom. The van der Waals surface area contributed by atoms with Crippen molar-refractivity contribution in [2.24, 2.45) is 0 Å². The van der Waals surface area contributed by atoms with Gasteiger partial charge >= 0.3 is 0 Å². The van der Waals surface area contributed by atoms with Gasteiger partial charge in [0.15, 0.2) is 16.9 Å². The predicted octanol–water partition coefficient (Wildman–Crippen LogP) is 3.52. The summed E-state index contributed by atoms with van der Waals surface area (Å²) in [4.78, 5) is 16.0. The lowest BCUT2D eigenvalue weighted by molar-refractivity contribution is 0.448. The minimum absolute atomic E-state index is 0.0581. The summed E-state index contributed by atoms with van der Waals surface area (Å²) in [5, 5.41) is 10.4. The number of aryl methyl sites for hydroxylation is 1. The lowest BCUT2D eigenvalue weighted by Gasteiger charge is -2.06. The van der Waals surface area contributed by atoms with Gasteiger partial charge in [0, 0.05) is 17.8 Å². The zero-order valence-electron chi connectivity index (χ0n) is 10.6. The molecule has 100 valence electrons. The van der Waals surface area contributed by atoms with Crippen molar-refractivity contribution in [3.63, 3.8) is 0 Å². The molecule has 0 aliphatic heterocycles. The van der Waals surface area contributed by atoms with E-state index in [0.717, 1.165) is 5.56 Å². The van der Waals surface area contributed by atoms with Crippen LogP contribution in [-0.4, -0.2) is 10.1 Å². The van der Waals surface area contributed by atoms with E-state index in [4.69, 9.17) is 16.0 Å². The number of hydrogen-bond donors (Lipinski definition) is 1. The minimum atomic E-state index is -0.571. The normalized spacial score (nSPS) is 10.9. The third kappa shape index (κ3) is 2.04. The Morgan fingerprint density at radius 2 is 1.95 bits per heavy atom. The second-order valence-corrected chi connectivity index (χ2v) is 4.91. The van der Waals surface area contributed by atoms with E-state index in [0.29, 0.717) is 10.6 Å². The first-order chi connectivity index (χ1) is 9.56. The number of halogens is 1. The molecule has 0 fully saturated rings. The molecular formula is C15H10ClNO3. The predicted molar refractivity (Wildman–Crippen MR) is 77.1 cm³/mol. The van der Waals surface area contributed by atoms with Crippen LogP contribution in [0, 0.1) is 6.92 Å². The Balaban J connectivity index is 2.33. The van der Waals surface area contributed by atoms with Crippen LogP contribution in [0.2, 0.25) is 5.02 Å². The van der Waals surface area contributed by atoms with E-state index in [9.17, 15) is 9.90 Å². The Kier molecular flexibility index (Phi) is 2.95. The third-order valence-corrected chi connectivity index (χ3v) is 3.20. The summed E-state index contributed by atoms with van der Waals surface area (Å²) < 4.78 is 5.58. The first-order valence-corrected chi connectivity index (χ1v) is 6.32. The molecule has 1 aromatic carbocycles. The summed E-state index contributed by atoms with van der Waals surface area (Å²) in [6.45, 7) is 1.95. The van der Waals surface area contributed by atoms with Crippen molar-refractivity contribution in [2.75, 3.05) is 0 Å². The van der Waals surface area contributed by atoms with E-state index < -0.39 is 11.2 Å². The van der Waals surface area contributed by atoms with Crippen LogP contribution in [0.25, 0.3) is 22.4 Å². The molecule has 0 spiro atoms. The van der Waals surface area contributed by atoms with Gasteiger partial charge in [-0.25, -0.2) is 4.98 Å². The highest BCUT2D eigenvalue weighted by Gasteiger charge is 2.16. The van der Waals surface area contributed by atoms with Crippen molar-refractivity contribution < 1.29 is 9.52 Å². The van der Waals surface area contributed by atoms with Crippen LogP contribution in [0.5, 0.6) is 5.75 Å². The van der Waals surface area contributed by atoms with Crippen molar-refractivity contribution in [2.45, 2.75) is 6.92 Å². The molecule has 2 heterocycles. The lowest BCUT2D eigenvalue weighted by Crippen LogP contribution is -2.04. The van der Waals surface area contributed by atoms with Crippen LogP contribution in [-0.2, 0) is 0 Å². The minimum Gasteiger partial charge on any atom is -0.501 e. The van der Waals surface area contributed by atoms with Gasteiger partial charge in [-0.15, -0.1) is 0 Å². The van der Waals surface area contributed by atoms with Gasteiger partial charge < -0.3 is 9.52 Å². The maximum Gasteiger partial charge on any atom is 0.253 e. The van der Waals surface area contributed by atoms with E-state index in [1.165, 1.54) is 12.3 Å². The third-order valence-electron chi connectivity index (χ3n) is 2.99. The summed E-state index contributed by atoms with van der Waals surface area (Å²) in [6.07, 6.45) is 1.34. The number of aromatic hydroxyl groups is 1. The summed E-state index contributed by atoms with van der Waals surface area (Å²) in [5.74, 6) is -0.331. The maximum atomic E-state index is 12.1. The van der Waals surface area contributed by atoms with E-state index in [2.05, 4.69) is 4.98 Å². The molecule has 0 bridgehead atoms. The topological polar surface area (TPSA) is 63.3 Å². The summed E-state index contributed by atoms with van der Waals surface area (Å²) in [5.41, 5.74) is 1.42. The van der Waals surface area contributed by atoms with E-state index >= 15 is 0 Å². The van der Waals surface area contributed by atoms with Crippen LogP contribution in [0.15, 0.2) is 45.7 Å². The second kappa shape index (κ2) is 4.65. The summed E-state index contributed by atoms with van der Waals surface area (Å²) >= 11 is 5.84. The highest BCUT2D eigenvalue weighted by molar-refractivity contribution is 6.31. The van der Waals surface area contributed by atoms with Crippen molar-refractivity contribution in [3.05, 3.63) is 57.3 Å². The van der Waals surface area contributed by atoms with Gasteiger partial charge in [-0.05, 0) is 6.92 Å². The fourth-order valence-electron chi connectivity index (χ4n) is 1.94. The van der Waals surface area contributed by atoms with Crippen LogP contribution in [0.3, 0.4) is 0 Å². The second-order valence-electron chi connectivity index (χ2n) is 4.48. The molecule has 0 saturated carbocycles. The van der Waals surface area contributed by atoms with Gasteiger partial charge in [0.25, 0.3) is 5.43 Å². The average Bonchev–Trinajstić information content (AvgIpc) is 2.44. The molecule has 1 N–H and O–H groups in total. The van der Waals surface area contributed by atoms with E-state index in [1.807, 2.05) is 19.1 Å². The molecule has 20 heavy (non-hydrogen) atoms. The van der Waals surface area contributed by atoms with Crippen molar-refractivity contribution in [1.82, 2.24) is 4.98 Å². The summed E-state index contributed by atoms with van der Waals surface area (Å²) in [6, 6.07) is 8.79. The molecule has 0 aliphatic rings. The van der Waals surface area contributed by atoms with Gasteiger partial charge in [0.05, 0.1) is 5.02 Å². The highest BCUT2D eigenvalue weighted by Crippen LogP contribution is 2.30. The first-order valence-electron chi connectivity index (χ1n) is 5.94. The molecule has 2 aromatic heterocycles. The number of pyridine rings is 1. The molecule has 3 rings (SSSR count). The molecule has 0 unspecified atom stereocenters. The Labute approximate surface area is 119 Å². The smallest absolute Gasteiger partial charge is 0.253 e. The number of rotatable bonds is 1. The molecule has 3 aromatic rings. The molecular weight excluding hydrogens is 278 g/mol. The molecule has 5 heteroatoms. The monoisotopic (exact) mass is 287 g/mol. The zero-order chi connectivity index (χ0) is 14.3. The Morgan fingerprint density at radius 3 is 2.65 bits per heavy atom. The molecule has 4 nitrogen and oxygen atoms in total. The molecule has 0 saturated heterocycles. The number of fused-ring (bicyclic) bond motifs is 1. The van der Waals surface area contributed by atoms with Crippen LogP contribution in [0.1, 0.15) is 5.56 Å². The van der Waals surface area contributed by atoms with Gasteiger partial charge in [0.1, 0.15) is 0 Å². The van der Waals surface area contributed by atoms with E-state index in [-0.39, 0.29) is 16.9 Å². The number of nitrogens with zero attached hydrogens (tertiary/aromatic N) is 1. The van der Waals surface area contributed by atoms with Crippen molar-refractivity contribution in [3.8, 4) is 17.1 Å². The quantitative estimate of drug-likeness (QED) is 0.744. The molecule has 0 atom stereocenters. The highest BCUT2D eigenvalue weighted by atomic mass is 35.5. The van der Waals surface area contributed by atoms with Gasteiger partial charge in [-0.1, -0.05) is 41.4 Å². The largest absolute Gasteiger partial charge is 0.501 e. The van der Waals surface area contributed by atoms with Gasteiger partial charge in [-0.3, -0.25) is 4.79 Å². The maximum absolute atomic E-state index is 12.1. The lowest BCUT2D eigenvalue weighted by atomic mass is 10.1. The van der Waals surface area contributed by atoms with Crippen LogP contribution >= 0.6 is 11.6 Å². The van der Waals surface area contributed by atoms with Crippen LogP contribution < -0.4 is 5.43 Å². The fraction of sp³-hybridized carbons (Fsp3) is 0.0667. The Bertz CT molecular complexity index is 853. The van der Waals surface area contributed by atoms with Crippen LogP contribution in [0.4, 0.5) is 0 Å². The van der Waals surface area contributed by atoms with Gasteiger partial charge in [0.2, 0.25) is 5.75 Å². The van der Waals surface area contributed by atoms with E-state index in [1.54, 1.807) is 12.1 Å². The summed E-state index contributed by atoms with van der Waals surface area (Å²) in [7, 11) is 0. The van der Waals surface area contributed by atoms with Crippen molar-refractivity contribution in [1.29, 1.82) is 0 Å². The number of benzene rings is 1. The number of aromatic nitrogens is 1. The number of hydrogen-bond acceptors (Lipinski definition) is 4. The first kappa shape index (κ1) is 12.7. The Hall–Kier alpha value is -2.33. The standard InChI is InChI=1S/C15H10ClNO3/c1-8-2-4-9(5-3-8)15-14(19)13(18)12-11(20-15)6-10(16)7-17-12/h2-7,19H,1H3. The molecule has 0 aliphatic carbocycles. The van der Waals surface area contributed by atoms with Gasteiger partial charge in [-0.2, -0.15) is 0 Å². The fourth-order valence-corrected chi connectivity index (χ4v) is 2.09.